The van der Waals surface area contributed by atoms with Gasteiger partial charge in [-0.2, -0.15) is 4.98 Å². The number of hydrogen-bond donors (Lipinski definition) is 1. The number of hydrogen-bond acceptors (Lipinski definition) is 4. The molecular weight excluding hydrogens is 374 g/mol. The summed E-state index contributed by atoms with van der Waals surface area (Å²) in [4.78, 5) is 21.0. The quantitative estimate of drug-likeness (QED) is 0.421. The predicted octanol–water partition coefficient (Wildman–Crippen LogP) is 5.97. The normalized spacial score (nSPS) is 11.5. The Kier molecular flexibility index (Phi) is 5.44. The molecule has 1 N–H and O–H groups in total. The Bertz CT molecular complexity index is 1190. The first-order chi connectivity index (χ1) is 14.5. The largest absolute Gasteiger partial charge is 0.434 e. The van der Waals surface area contributed by atoms with E-state index in [0.29, 0.717) is 23.0 Å². The fourth-order valence-electron chi connectivity index (χ4n) is 3.17. The number of pyridine rings is 1. The van der Waals surface area contributed by atoms with Gasteiger partial charge in [0.2, 0.25) is 11.8 Å². The maximum Gasteiger partial charge on any atom is 0.248 e. The van der Waals surface area contributed by atoms with Gasteiger partial charge in [-0.25, -0.2) is 4.98 Å². The van der Waals surface area contributed by atoms with E-state index < -0.39 is 0 Å². The highest BCUT2D eigenvalue weighted by Crippen LogP contribution is 2.27. The SMILES string of the molecule is Cc1cc(-c2nc3ncccc3o2)ccc1NC(=O)C=Cc1ccc(C(C)C)cc1. The zero-order valence-electron chi connectivity index (χ0n) is 17.2. The van der Waals surface area contributed by atoms with Crippen molar-refractivity contribution in [3.63, 3.8) is 0 Å². The Morgan fingerprint density at radius 2 is 1.90 bits per heavy atom. The van der Waals surface area contributed by atoms with Crippen LogP contribution in [0.4, 0.5) is 5.69 Å². The molecule has 2 heterocycles. The molecule has 5 nitrogen and oxygen atoms in total. The molecule has 0 spiro atoms. The van der Waals surface area contributed by atoms with E-state index in [0.717, 1.165) is 22.4 Å². The van der Waals surface area contributed by atoms with Crippen molar-refractivity contribution >= 4 is 28.9 Å². The Balaban J connectivity index is 1.46. The molecule has 0 aliphatic carbocycles. The summed E-state index contributed by atoms with van der Waals surface area (Å²) in [6.07, 6.45) is 5.05. The van der Waals surface area contributed by atoms with Crippen LogP contribution >= 0.6 is 0 Å². The fourth-order valence-corrected chi connectivity index (χ4v) is 3.17. The lowest BCUT2D eigenvalue weighted by Gasteiger charge is -2.08. The van der Waals surface area contributed by atoms with Gasteiger partial charge < -0.3 is 9.73 Å². The van der Waals surface area contributed by atoms with Gasteiger partial charge in [0, 0.05) is 23.5 Å². The van der Waals surface area contributed by atoms with Crippen LogP contribution in [0.1, 0.15) is 36.5 Å². The molecule has 2 aromatic heterocycles. The molecule has 0 aliphatic heterocycles. The molecule has 1 amide bonds. The van der Waals surface area contributed by atoms with Gasteiger partial charge in [0.1, 0.15) is 0 Å². The van der Waals surface area contributed by atoms with E-state index in [2.05, 4.69) is 41.3 Å². The number of benzene rings is 2. The van der Waals surface area contributed by atoms with E-state index in [4.69, 9.17) is 4.42 Å². The molecule has 2 aromatic carbocycles. The lowest BCUT2D eigenvalue weighted by molar-refractivity contribution is -0.111. The highest BCUT2D eigenvalue weighted by Gasteiger charge is 2.11. The van der Waals surface area contributed by atoms with Gasteiger partial charge in [0.15, 0.2) is 11.2 Å². The monoisotopic (exact) mass is 397 g/mol. The first kappa shape index (κ1) is 19.6. The minimum absolute atomic E-state index is 0.176. The number of nitrogens with zero attached hydrogens (tertiary/aromatic N) is 2. The smallest absolute Gasteiger partial charge is 0.248 e. The van der Waals surface area contributed by atoms with Crippen molar-refractivity contribution in [2.24, 2.45) is 0 Å². The van der Waals surface area contributed by atoms with Crippen LogP contribution in [0, 0.1) is 6.92 Å². The number of aryl methyl sites for hydroxylation is 1. The highest BCUT2D eigenvalue weighted by molar-refractivity contribution is 6.02. The van der Waals surface area contributed by atoms with Gasteiger partial charge in [-0.15, -0.1) is 0 Å². The molecule has 0 saturated carbocycles. The average Bonchev–Trinajstić information content (AvgIpc) is 3.18. The lowest BCUT2D eigenvalue weighted by atomic mass is 10.0. The number of carbonyl (C=O) groups excluding carboxylic acids is 1. The van der Waals surface area contributed by atoms with E-state index in [-0.39, 0.29) is 5.91 Å². The molecule has 0 atom stereocenters. The number of oxazole rings is 1. The van der Waals surface area contributed by atoms with Crippen molar-refractivity contribution in [3.8, 4) is 11.5 Å². The molecule has 150 valence electrons. The summed E-state index contributed by atoms with van der Waals surface area (Å²) in [6, 6.07) is 17.5. The number of carbonyl (C=O) groups is 1. The minimum Gasteiger partial charge on any atom is -0.434 e. The van der Waals surface area contributed by atoms with Crippen molar-refractivity contribution in [1.82, 2.24) is 9.97 Å². The zero-order chi connectivity index (χ0) is 21.1. The van der Waals surface area contributed by atoms with E-state index in [1.54, 1.807) is 12.3 Å². The summed E-state index contributed by atoms with van der Waals surface area (Å²) in [5.41, 5.74) is 6.00. The molecule has 0 aliphatic rings. The van der Waals surface area contributed by atoms with Gasteiger partial charge in [-0.1, -0.05) is 38.1 Å². The summed E-state index contributed by atoms with van der Waals surface area (Å²) in [7, 11) is 0. The van der Waals surface area contributed by atoms with E-state index >= 15 is 0 Å². The van der Waals surface area contributed by atoms with Crippen LogP contribution in [-0.4, -0.2) is 15.9 Å². The first-order valence-electron chi connectivity index (χ1n) is 9.91. The zero-order valence-corrected chi connectivity index (χ0v) is 17.2. The Morgan fingerprint density at radius 3 is 2.60 bits per heavy atom. The van der Waals surface area contributed by atoms with Crippen molar-refractivity contribution in [1.29, 1.82) is 0 Å². The Hall–Kier alpha value is -3.73. The van der Waals surface area contributed by atoms with E-state index in [1.165, 1.54) is 5.56 Å². The van der Waals surface area contributed by atoms with Crippen LogP contribution in [0.3, 0.4) is 0 Å². The molecule has 4 aromatic rings. The summed E-state index contributed by atoms with van der Waals surface area (Å²) in [5.74, 6) is 0.822. The molecule has 30 heavy (non-hydrogen) atoms. The lowest BCUT2D eigenvalue weighted by Crippen LogP contribution is -2.08. The predicted molar refractivity (Wildman–Crippen MR) is 120 cm³/mol. The second-order valence-corrected chi connectivity index (χ2v) is 7.52. The molecule has 0 saturated heterocycles. The third-order valence-electron chi connectivity index (χ3n) is 4.93. The first-order valence-corrected chi connectivity index (χ1v) is 9.91. The molecule has 5 heteroatoms. The van der Waals surface area contributed by atoms with Gasteiger partial charge in [-0.05, 0) is 65.9 Å². The number of anilines is 1. The summed E-state index contributed by atoms with van der Waals surface area (Å²) in [5, 5.41) is 2.93. The summed E-state index contributed by atoms with van der Waals surface area (Å²) >= 11 is 0. The van der Waals surface area contributed by atoms with Crippen LogP contribution in [0.2, 0.25) is 0 Å². The summed E-state index contributed by atoms with van der Waals surface area (Å²) < 4.78 is 5.77. The standard InChI is InChI=1S/C25H23N3O2/c1-16(2)19-9-6-18(7-10-19)8-13-23(29)27-21-12-11-20(15-17(21)3)25-28-24-22(30-25)5-4-14-26-24/h4-16H,1-3H3,(H,27,29). The second kappa shape index (κ2) is 8.33. The van der Waals surface area contributed by atoms with Crippen LogP contribution in [0.25, 0.3) is 28.8 Å². The van der Waals surface area contributed by atoms with Gasteiger partial charge in [-0.3, -0.25) is 4.79 Å². The third kappa shape index (κ3) is 4.30. The molecular formula is C25H23N3O2. The van der Waals surface area contributed by atoms with Crippen LogP contribution < -0.4 is 5.32 Å². The number of aromatic nitrogens is 2. The van der Waals surface area contributed by atoms with Crippen molar-refractivity contribution in [2.45, 2.75) is 26.7 Å². The summed E-state index contributed by atoms with van der Waals surface area (Å²) in [6.45, 7) is 6.26. The van der Waals surface area contributed by atoms with Gasteiger partial charge in [0.25, 0.3) is 0 Å². The number of amides is 1. The van der Waals surface area contributed by atoms with Gasteiger partial charge in [0.05, 0.1) is 0 Å². The van der Waals surface area contributed by atoms with Crippen LogP contribution in [-0.2, 0) is 4.79 Å². The fraction of sp³-hybridized carbons (Fsp3) is 0.160. The van der Waals surface area contributed by atoms with Crippen molar-refractivity contribution < 1.29 is 9.21 Å². The number of nitrogens with one attached hydrogen (secondary N) is 1. The maximum atomic E-state index is 12.3. The number of fused-ring (bicyclic) bond motifs is 1. The van der Waals surface area contributed by atoms with Crippen LogP contribution in [0.5, 0.6) is 0 Å². The third-order valence-corrected chi connectivity index (χ3v) is 4.93. The molecule has 0 unspecified atom stereocenters. The molecule has 0 fully saturated rings. The van der Waals surface area contributed by atoms with Gasteiger partial charge >= 0.3 is 0 Å². The second-order valence-electron chi connectivity index (χ2n) is 7.52. The van der Waals surface area contributed by atoms with E-state index in [9.17, 15) is 4.79 Å². The number of rotatable bonds is 5. The maximum absolute atomic E-state index is 12.3. The average molecular weight is 397 g/mol. The Labute approximate surface area is 175 Å². The minimum atomic E-state index is -0.176. The molecule has 0 radical (unpaired) electrons. The highest BCUT2D eigenvalue weighted by atomic mass is 16.3. The Morgan fingerprint density at radius 1 is 1.10 bits per heavy atom. The molecule has 0 bridgehead atoms. The molecule has 4 rings (SSSR count). The van der Waals surface area contributed by atoms with Crippen LogP contribution in [0.15, 0.2) is 71.3 Å². The van der Waals surface area contributed by atoms with Crippen molar-refractivity contribution in [2.75, 3.05) is 5.32 Å². The van der Waals surface area contributed by atoms with Crippen molar-refractivity contribution in [3.05, 3.63) is 83.6 Å². The topological polar surface area (TPSA) is 68.0 Å². The van der Waals surface area contributed by atoms with E-state index in [1.807, 2.05) is 55.5 Å².